The first kappa shape index (κ1) is 12.0. The zero-order chi connectivity index (χ0) is 12.7. The maximum Gasteiger partial charge on any atom is 0.166 e. The van der Waals surface area contributed by atoms with E-state index < -0.39 is 12.3 Å². The van der Waals surface area contributed by atoms with Gasteiger partial charge in [0.2, 0.25) is 0 Å². The molecule has 0 bridgehead atoms. The molecule has 3 heterocycles. The minimum absolute atomic E-state index is 0.112. The number of aromatic nitrogens is 4. The van der Waals surface area contributed by atoms with Crippen LogP contribution in [0.15, 0.2) is 17.3 Å². The summed E-state index contributed by atoms with van der Waals surface area (Å²) in [6, 6.07) is 0. The number of ether oxygens (including phenoxy) is 1. The molecular formula is C10H11BrN4O3. The number of hydrogen-bond acceptors (Lipinski definition) is 6. The molecule has 1 aliphatic heterocycles. The lowest BCUT2D eigenvalue weighted by Gasteiger charge is -2.16. The summed E-state index contributed by atoms with van der Waals surface area (Å²) in [5, 5.41) is 19.0. The Morgan fingerprint density at radius 3 is 3.00 bits per heavy atom. The number of fused-ring (bicyclic) bond motifs is 1. The molecular weight excluding hydrogens is 304 g/mol. The zero-order valence-corrected chi connectivity index (χ0v) is 10.9. The van der Waals surface area contributed by atoms with Crippen LogP contribution in [-0.4, -0.2) is 48.5 Å². The second-order valence-corrected chi connectivity index (χ2v) is 4.87. The van der Waals surface area contributed by atoms with Crippen molar-refractivity contribution in [1.29, 1.82) is 0 Å². The molecule has 3 rings (SSSR count). The first-order valence-electron chi connectivity index (χ1n) is 5.48. The van der Waals surface area contributed by atoms with Crippen LogP contribution in [0.3, 0.4) is 0 Å². The number of imidazole rings is 1. The molecule has 7 nitrogen and oxygen atoms in total. The number of halogens is 1. The molecule has 1 fully saturated rings. The van der Waals surface area contributed by atoms with Gasteiger partial charge in [-0.3, -0.25) is 4.57 Å². The van der Waals surface area contributed by atoms with Crippen LogP contribution in [-0.2, 0) is 4.74 Å². The predicted molar refractivity (Wildman–Crippen MR) is 64.6 cm³/mol. The Hall–Kier alpha value is -1.09. The third-order valence-corrected chi connectivity index (χ3v) is 3.54. The van der Waals surface area contributed by atoms with Crippen LogP contribution in [0.1, 0.15) is 12.6 Å². The fourth-order valence-corrected chi connectivity index (χ4v) is 2.48. The van der Waals surface area contributed by atoms with E-state index in [0.717, 1.165) is 0 Å². The first-order chi connectivity index (χ1) is 8.70. The van der Waals surface area contributed by atoms with Crippen molar-refractivity contribution >= 4 is 27.1 Å². The van der Waals surface area contributed by atoms with Gasteiger partial charge in [0.15, 0.2) is 11.9 Å². The molecule has 2 N–H and O–H groups in total. The van der Waals surface area contributed by atoms with E-state index in [0.29, 0.717) is 22.2 Å². The predicted octanol–water partition coefficient (Wildman–Crippen LogP) is 0.229. The van der Waals surface area contributed by atoms with Crippen LogP contribution in [0, 0.1) is 0 Å². The van der Waals surface area contributed by atoms with Crippen molar-refractivity contribution in [1.82, 2.24) is 19.5 Å². The molecule has 3 atom stereocenters. The maximum atomic E-state index is 9.95. The molecule has 0 saturated carbocycles. The number of aliphatic hydroxyl groups is 2. The van der Waals surface area contributed by atoms with E-state index in [9.17, 15) is 5.11 Å². The van der Waals surface area contributed by atoms with Crippen LogP contribution in [0.5, 0.6) is 0 Å². The summed E-state index contributed by atoms with van der Waals surface area (Å²) in [5.41, 5.74) is 1.19. The molecule has 18 heavy (non-hydrogen) atoms. The van der Waals surface area contributed by atoms with Gasteiger partial charge in [-0.1, -0.05) is 0 Å². The number of aliphatic hydroxyl groups excluding tert-OH is 2. The molecule has 0 amide bonds. The summed E-state index contributed by atoms with van der Waals surface area (Å²) in [7, 11) is 0. The van der Waals surface area contributed by atoms with Crippen molar-refractivity contribution in [3.63, 3.8) is 0 Å². The highest BCUT2D eigenvalue weighted by atomic mass is 79.9. The van der Waals surface area contributed by atoms with Crippen molar-refractivity contribution in [3.8, 4) is 0 Å². The highest BCUT2D eigenvalue weighted by Crippen LogP contribution is 2.31. The monoisotopic (exact) mass is 314 g/mol. The van der Waals surface area contributed by atoms with Crippen molar-refractivity contribution in [2.75, 3.05) is 6.61 Å². The topological polar surface area (TPSA) is 93.3 Å². The van der Waals surface area contributed by atoms with Crippen LogP contribution in [0.25, 0.3) is 11.2 Å². The Morgan fingerprint density at radius 2 is 2.28 bits per heavy atom. The summed E-state index contributed by atoms with van der Waals surface area (Å²) in [6.07, 6.45) is 1.75. The minimum atomic E-state index is -0.687. The van der Waals surface area contributed by atoms with E-state index in [2.05, 4.69) is 30.9 Å². The molecule has 1 aliphatic rings. The molecule has 0 radical (unpaired) electrons. The summed E-state index contributed by atoms with van der Waals surface area (Å²) in [4.78, 5) is 12.3. The van der Waals surface area contributed by atoms with E-state index in [1.165, 1.54) is 6.33 Å². The first-order valence-corrected chi connectivity index (χ1v) is 6.27. The van der Waals surface area contributed by atoms with Crippen molar-refractivity contribution < 1.29 is 14.9 Å². The number of hydrogen-bond donors (Lipinski definition) is 2. The average Bonchev–Trinajstić information content (AvgIpc) is 2.93. The second kappa shape index (κ2) is 4.54. The van der Waals surface area contributed by atoms with Gasteiger partial charge in [0.1, 0.15) is 22.6 Å². The van der Waals surface area contributed by atoms with Gasteiger partial charge in [0, 0.05) is 6.42 Å². The molecule has 2 aromatic heterocycles. The highest BCUT2D eigenvalue weighted by molar-refractivity contribution is 9.10. The Balaban J connectivity index is 2.02. The lowest BCUT2D eigenvalue weighted by molar-refractivity contribution is -0.0486. The highest BCUT2D eigenvalue weighted by Gasteiger charge is 2.35. The molecule has 2 aromatic rings. The molecule has 0 spiro atoms. The van der Waals surface area contributed by atoms with Gasteiger partial charge in [-0.2, -0.15) is 0 Å². The van der Waals surface area contributed by atoms with Gasteiger partial charge >= 0.3 is 0 Å². The van der Waals surface area contributed by atoms with Crippen LogP contribution >= 0.6 is 15.9 Å². The fraction of sp³-hybridized carbons (Fsp3) is 0.500. The van der Waals surface area contributed by atoms with E-state index in [4.69, 9.17) is 9.84 Å². The SMILES string of the molecule is OC[C@@H]1C[C@@H](O)[C@H](n2cnc3c(Br)ncnc32)O1. The number of nitrogens with zero attached hydrogens (tertiary/aromatic N) is 4. The third kappa shape index (κ3) is 1.81. The van der Waals surface area contributed by atoms with Gasteiger partial charge < -0.3 is 14.9 Å². The average molecular weight is 315 g/mol. The molecule has 96 valence electrons. The van der Waals surface area contributed by atoms with Gasteiger partial charge in [-0.05, 0) is 15.9 Å². The lowest BCUT2D eigenvalue weighted by atomic mass is 10.2. The van der Waals surface area contributed by atoms with E-state index in [-0.39, 0.29) is 12.7 Å². The lowest BCUT2D eigenvalue weighted by Crippen LogP contribution is -2.19. The van der Waals surface area contributed by atoms with Gasteiger partial charge in [-0.25, -0.2) is 15.0 Å². The van der Waals surface area contributed by atoms with Crippen LogP contribution in [0.2, 0.25) is 0 Å². The van der Waals surface area contributed by atoms with Crippen molar-refractivity contribution in [3.05, 3.63) is 17.3 Å². The minimum Gasteiger partial charge on any atom is -0.394 e. The van der Waals surface area contributed by atoms with E-state index in [1.807, 2.05) is 0 Å². The smallest absolute Gasteiger partial charge is 0.166 e. The Labute approximate surface area is 111 Å². The summed E-state index contributed by atoms with van der Waals surface area (Å²) >= 11 is 3.29. The molecule has 0 unspecified atom stereocenters. The van der Waals surface area contributed by atoms with Crippen molar-refractivity contribution in [2.45, 2.75) is 24.9 Å². The third-order valence-electron chi connectivity index (χ3n) is 2.96. The van der Waals surface area contributed by atoms with Crippen LogP contribution in [0.4, 0.5) is 0 Å². The summed E-state index contributed by atoms with van der Waals surface area (Å²) in [5.74, 6) is 0. The Bertz CT molecular complexity index is 575. The molecule has 0 aliphatic carbocycles. The maximum absolute atomic E-state index is 9.95. The fourth-order valence-electron chi connectivity index (χ4n) is 2.11. The Kier molecular flexibility index (Phi) is 3.02. The standard InChI is InChI=1S/C10H11BrN4O3/c11-8-7-9(13-3-12-8)15(4-14-7)10-6(17)1-5(2-16)18-10/h3-6,10,16-17H,1-2H2/t5-,6+,10+/m0/s1. The zero-order valence-electron chi connectivity index (χ0n) is 9.27. The van der Waals surface area contributed by atoms with E-state index >= 15 is 0 Å². The summed E-state index contributed by atoms with van der Waals surface area (Å²) < 4.78 is 7.81. The second-order valence-electron chi connectivity index (χ2n) is 4.12. The normalized spacial score (nSPS) is 28.1. The van der Waals surface area contributed by atoms with Crippen molar-refractivity contribution in [2.24, 2.45) is 0 Å². The molecule has 1 saturated heterocycles. The van der Waals surface area contributed by atoms with Gasteiger partial charge in [0.25, 0.3) is 0 Å². The van der Waals surface area contributed by atoms with Gasteiger partial charge in [0.05, 0.1) is 19.0 Å². The van der Waals surface area contributed by atoms with Crippen LogP contribution < -0.4 is 0 Å². The quantitative estimate of drug-likeness (QED) is 0.771. The van der Waals surface area contributed by atoms with E-state index in [1.54, 1.807) is 10.9 Å². The largest absolute Gasteiger partial charge is 0.394 e. The number of rotatable bonds is 2. The Morgan fingerprint density at radius 1 is 1.44 bits per heavy atom. The molecule has 0 aromatic carbocycles. The summed E-state index contributed by atoms with van der Waals surface area (Å²) in [6.45, 7) is -0.112. The van der Waals surface area contributed by atoms with Gasteiger partial charge in [-0.15, -0.1) is 0 Å². The molecule has 8 heteroatoms.